The van der Waals surface area contributed by atoms with E-state index in [4.69, 9.17) is 33.2 Å². The molecular formula is C14H9Cl3Si. The summed E-state index contributed by atoms with van der Waals surface area (Å²) in [5.74, 6) is 0. The first kappa shape index (κ1) is 12.3. The monoisotopic (exact) mass is 310 g/mol. The van der Waals surface area contributed by atoms with Crippen molar-refractivity contribution < 1.29 is 0 Å². The van der Waals surface area contributed by atoms with Crippen LogP contribution in [0.25, 0.3) is 21.5 Å². The Morgan fingerprint density at radius 3 is 1.56 bits per heavy atom. The third kappa shape index (κ3) is 2.02. The highest BCUT2D eigenvalue weighted by molar-refractivity contribution is 7.70. The van der Waals surface area contributed by atoms with Crippen LogP contribution in [0.4, 0.5) is 0 Å². The average molecular weight is 312 g/mol. The summed E-state index contributed by atoms with van der Waals surface area (Å²) in [4.78, 5) is 0. The van der Waals surface area contributed by atoms with Crippen LogP contribution in [0.2, 0.25) is 0 Å². The molecule has 0 aromatic heterocycles. The molecule has 3 aromatic carbocycles. The van der Waals surface area contributed by atoms with Gasteiger partial charge in [0, 0.05) is 5.19 Å². The topological polar surface area (TPSA) is 0 Å². The quantitative estimate of drug-likeness (QED) is 0.342. The van der Waals surface area contributed by atoms with Gasteiger partial charge in [0.2, 0.25) is 0 Å². The molecule has 18 heavy (non-hydrogen) atoms. The van der Waals surface area contributed by atoms with Crippen molar-refractivity contribution in [1.29, 1.82) is 0 Å². The molecule has 90 valence electrons. The van der Waals surface area contributed by atoms with Gasteiger partial charge in [-0.2, -0.15) is 0 Å². The number of hydrogen-bond acceptors (Lipinski definition) is 0. The van der Waals surface area contributed by atoms with Crippen molar-refractivity contribution >= 4 is 66.0 Å². The summed E-state index contributed by atoms with van der Waals surface area (Å²) in [7, 11) is 0. The van der Waals surface area contributed by atoms with Gasteiger partial charge in [-0.3, -0.25) is 0 Å². The van der Waals surface area contributed by atoms with Crippen LogP contribution in [0.15, 0.2) is 54.6 Å². The average Bonchev–Trinajstić information content (AvgIpc) is 2.34. The van der Waals surface area contributed by atoms with Crippen molar-refractivity contribution in [2.75, 3.05) is 0 Å². The molecule has 4 heteroatoms. The molecule has 0 saturated heterocycles. The Kier molecular flexibility index (Phi) is 3.03. The fourth-order valence-electron chi connectivity index (χ4n) is 2.32. The lowest BCUT2D eigenvalue weighted by atomic mass is 10.0. The Labute approximate surface area is 120 Å². The zero-order valence-corrected chi connectivity index (χ0v) is 12.6. The third-order valence-electron chi connectivity index (χ3n) is 3.05. The Bertz CT molecular complexity index is 678. The van der Waals surface area contributed by atoms with E-state index in [9.17, 15) is 0 Å². The Morgan fingerprint density at radius 1 is 0.667 bits per heavy atom. The molecular weight excluding hydrogens is 303 g/mol. The van der Waals surface area contributed by atoms with Crippen molar-refractivity contribution in [2.45, 2.75) is 0 Å². The summed E-state index contributed by atoms with van der Waals surface area (Å²) in [6.07, 6.45) is 0. The van der Waals surface area contributed by atoms with Crippen LogP contribution in [0.5, 0.6) is 0 Å². The molecule has 0 N–H and O–H groups in total. The highest BCUT2D eigenvalue weighted by Crippen LogP contribution is 2.29. The number of halogens is 3. The first-order valence-corrected chi connectivity index (χ1v) is 10.6. The fraction of sp³-hybridized carbons (Fsp3) is 0. The molecule has 0 aliphatic rings. The van der Waals surface area contributed by atoms with Crippen molar-refractivity contribution in [1.82, 2.24) is 0 Å². The van der Waals surface area contributed by atoms with Gasteiger partial charge in [0.1, 0.15) is 0 Å². The third-order valence-corrected chi connectivity index (χ3v) is 5.86. The van der Waals surface area contributed by atoms with Crippen molar-refractivity contribution in [2.24, 2.45) is 0 Å². The number of hydrogen-bond donors (Lipinski definition) is 0. The van der Waals surface area contributed by atoms with E-state index in [0.717, 1.165) is 26.7 Å². The van der Waals surface area contributed by atoms with Crippen molar-refractivity contribution in [3.8, 4) is 0 Å². The first-order valence-electron chi connectivity index (χ1n) is 5.55. The van der Waals surface area contributed by atoms with Crippen LogP contribution >= 0.6 is 33.2 Å². The summed E-state index contributed by atoms with van der Waals surface area (Å²) in [6, 6.07) is 15.3. The second kappa shape index (κ2) is 4.43. The summed E-state index contributed by atoms with van der Waals surface area (Å²) >= 11 is 18.9. The van der Waals surface area contributed by atoms with E-state index >= 15 is 0 Å². The molecule has 0 aliphatic carbocycles. The predicted octanol–water partition coefficient (Wildman–Crippen LogP) is 4.86. The van der Waals surface area contributed by atoms with Gasteiger partial charge in [0.05, 0.1) is 0 Å². The Hall–Kier alpha value is -0.733. The van der Waals surface area contributed by atoms with Gasteiger partial charge in [-0.1, -0.05) is 48.5 Å². The largest absolute Gasteiger partial charge is 0.374 e. The van der Waals surface area contributed by atoms with E-state index in [-0.39, 0.29) is 0 Å². The minimum Gasteiger partial charge on any atom is -0.121 e. The molecule has 0 fully saturated rings. The zero-order chi connectivity index (χ0) is 12.8. The summed E-state index contributed by atoms with van der Waals surface area (Å²) < 4.78 is 0. The van der Waals surface area contributed by atoms with Crippen LogP contribution < -0.4 is 5.19 Å². The van der Waals surface area contributed by atoms with Gasteiger partial charge in [-0.15, -0.1) is 33.2 Å². The van der Waals surface area contributed by atoms with Gasteiger partial charge in [-0.25, -0.2) is 0 Å². The van der Waals surface area contributed by atoms with Gasteiger partial charge in [0.25, 0.3) is 0 Å². The minimum absolute atomic E-state index is 0.890. The van der Waals surface area contributed by atoms with Crippen molar-refractivity contribution in [3.05, 3.63) is 54.6 Å². The number of benzene rings is 3. The highest BCUT2D eigenvalue weighted by atomic mass is 35.8. The van der Waals surface area contributed by atoms with Crippen LogP contribution in [-0.2, 0) is 0 Å². The molecule has 0 nitrogen and oxygen atoms in total. The molecule has 3 rings (SSSR count). The SMILES string of the molecule is Cl[Si](Cl)(Cl)c1c2ccccc2cc2ccccc12. The maximum Gasteiger partial charge on any atom is 0.374 e. The van der Waals surface area contributed by atoms with E-state index in [1.54, 1.807) is 0 Å². The van der Waals surface area contributed by atoms with E-state index < -0.39 is 6.00 Å². The normalized spacial score (nSPS) is 12.2. The van der Waals surface area contributed by atoms with Crippen LogP contribution in [0, 0.1) is 0 Å². The van der Waals surface area contributed by atoms with Gasteiger partial charge < -0.3 is 0 Å². The lowest BCUT2D eigenvalue weighted by molar-refractivity contribution is 1.78. The molecule has 0 amide bonds. The molecule has 0 saturated carbocycles. The predicted molar refractivity (Wildman–Crippen MR) is 84.4 cm³/mol. The minimum atomic E-state index is -2.95. The lowest BCUT2D eigenvalue weighted by Gasteiger charge is -2.15. The summed E-state index contributed by atoms with van der Waals surface area (Å²) in [5.41, 5.74) is 0. The first-order chi connectivity index (χ1) is 8.57. The van der Waals surface area contributed by atoms with Crippen molar-refractivity contribution in [3.63, 3.8) is 0 Å². The molecule has 0 atom stereocenters. The maximum atomic E-state index is 6.29. The Morgan fingerprint density at radius 2 is 1.11 bits per heavy atom. The molecule has 0 unspecified atom stereocenters. The molecule has 0 bridgehead atoms. The zero-order valence-electron chi connectivity index (χ0n) is 9.33. The van der Waals surface area contributed by atoms with E-state index in [1.807, 2.05) is 36.4 Å². The smallest absolute Gasteiger partial charge is 0.121 e. The highest BCUT2D eigenvalue weighted by Gasteiger charge is 2.32. The fourth-order valence-corrected chi connectivity index (χ4v) is 5.22. The molecule has 0 spiro atoms. The standard InChI is InChI=1S/C14H9Cl3Si/c15-18(16,17)14-12-7-3-1-5-10(12)9-11-6-2-4-8-13(11)14/h1-9H. The number of rotatable bonds is 1. The van der Waals surface area contributed by atoms with Crippen LogP contribution in [0.3, 0.4) is 0 Å². The van der Waals surface area contributed by atoms with Gasteiger partial charge in [0.15, 0.2) is 0 Å². The summed E-state index contributed by atoms with van der Waals surface area (Å²) in [5, 5.41) is 5.21. The van der Waals surface area contributed by atoms with Gasteiger partial charge >= 0.3 is 6.00 Å². The summed E-state index contributed by atoms with van der Waals surface area (Å²) in [6.45, 7) is 0. The van der Waals surface area contributed by atoms with E-state index in [0.29, 0.717) is 0 Å². The maximum absolute atomic E-state index is 6.29. The van der Waals surface area contributed by atoms with Crippen LogP contribution in [-0.4, -0.2) is 6.00 Å². The second-order valence-electron chi connectivity index (χ2n) is 4.19. The molecule has 0 aliphatic heterocycles. The van der Waals surface area contributed by atoms with E-state index in [1.165, 1.54) is 0 Å². The second-order valence-corrected chi connectivity index (χ2v) is 12.5. The number of fused-ring (bicyclic) bond motifs is 2. The van der Waals surface area contributed by atoms with E-state index in [2.05, 4.69) is 18.2 Å². The van der Waals surface area contributed by atoms with Crippen LogP contribution in [0.1, 0.15) is 0 Å². The van der Waals surface area contributed by atoms with Gasteiger partial charge in [-0.05, 0) is 27.6 Å². The molecule has 0 radical (unpaired) electrons. The molecule has 3 aromatic rings. The lowest BCUT2D eigenvalue weighted by Crippen LogP contribution is -2.31. The Balaban J connectivity index is 2.58. The molecule has 0 heterocycles.